The van der Waals surface area contributed by atoms with Crippen molar-refractivity contribution in [2.75, 3.05) is 0 Å². The summed E-state index contributed by atoms with van der Waals surface area (Å²) < 4.78 is 1.95. The number of nitro benzene ring substituents is 1. The lowest BCUT2D eigenvalue weighted by atomic mass is 10.1. The van der Waals surface area contributed by atoms with Gasteiger partial charge in [0.25, 0.3) is 5.69 Å². The number of nitrogens with zero attached hydrogens (tertiary/aromatic N) is 3. The number of para-hydroxylation sites is 1. The molecule has 0 radical (unpaired) electrons. The summed E-state index contributed by atoms with van der Waals surface area (Å²) in [6, 6.07) is 13.6. The Bertz CT molecular complexity index is 825. The lowest BCUT2D eigenvalue weighted by Crippen LogP contribution is -2.06. The van der Waals surface area contributed by atoms with Crippen molar-refractivity contribution in [1.29, 1.82) is 0 Å². The average Bonchev–Trinajstić information content (AvgIpc) is 2.97. The molecule has 1 N–H and O–H groups in total. The Balaban J connectivity index is 1.84. The van der Waals surface area contributed by atoms with Crippen LogP contribution in [0, 0.1) is 10.1 Å². The molecule has 3 aromatic rings. The molecule has 0 fully saturated rings. The Labute approximate surface area is 132 Å². The van der Waals surface area contributed by atoms with Crippen LogP contribution in [0.25, 0.3) is 0 Å². The highest BCUT2D eigenvalue weighted by Gasteiger charge is 2.15. The van der Waals surface area contributed by atoms with Crippen molar-refractivity contribution in [2.24, 2.45) is 0 Å². The van der Waals surface area contributed by atoms with Gasteiger partial charge in [-0.2, -0.15) is 0 Å². The minimum atomic E-state index is -0.372. The second-order valence-corrected chi connectivity index (χ2v) is 5.20. The predicted octanol–water partition coefficient (Wildman–Crippen LogP) is 3.14. The number of benzene rings is 2. The van der Waals surface area contributed by atoms with E-state index in [0.29, 0.717) is 18.5 Å². The van der Waals surface area contributed by atoms with Gasteiger partial charge in [0.15, 0.2) is 0 Å². The van der Waals surface area contributed by atoms with Gasteiger partial charge in [-0.1, -0.05) is 30.3 Å². The number of rotatable bonds is 5. The monoisotopic (exact) mass is 309 g/mol. The van der Waals surface area contributed by atoms with Crippen LogP contribution in [0.4, 0.5) is 5.69 Å². The Hall–Kier alpha value is -3.15. The van der Waals surface area contributed by atoms with Crippen molar-refractivity contribution < 1.29 is 10.0 Å². The molecule has 2 aromatic carbocycles. The molecule has 0 saturated carbocycles. The van der Waals surface area contributed by atoms with Crippen molar-refractivity contribution in [3.05, 3.63) is 88.0 Å². The molecule has 6 nitrogen and oxygen atoms in total. The largest absolute Gasteiger partial charge is 0.508 e. The Kier molecular flexibility index (Phi) is 4.05. The van der Waals surface area contributed by atoms with Crippen LogP contribution >= 0.6 is 0 Å². The summed E-state index contributed by atoms with van der Waals surface area (Å²) in [6.07, 6.45) is 3.92. The quantitative estimate of drug-likeness (QED) is 0.580. The molecule has 1 heterocycles. The van der Waals surface area contributed by atoms with Gasteiger partial charge in [-0.15, -0.1) is 0 Å². The molecule has 0 unspecified atom stereocenters. The molecule has 0 saturated heterocycles. The number of imidazole rings is 1. The van der Waals surface area contributed by atoms with Crippen molar-refractivity contribution in [2.45, 2.75) is 13.0 Å². The molecule has 23 heavy (non-hydrogen) atoms. The maximum Gasteiger partial charge on any atom is 0.273 e. The molecule has 0 aliphatic carbocycles. The minimum absolute atomic E-state index is 0.103. The maximum atomic E-state index is 11.1. The van der Waals surface area contributed by atoms with E-state index in [4.69, 9.17) is 0 Å². The van der Waals surface area contributed by atoms with Gasteiger partial charge >= 0.3 is 0 Å². The molecule has 0 atom stereocenters. The summed E-state index contributed by atoms with van der Waals surface area (Å²) in [6.45, 7) is 0.593. The summed E-state index contributed by atoms with van der Waals surface area (Å²) in [5, 5.41) is 20.4. The molecule has 0 aliphatic rings. The molecule has 0 spiro atoms. The Morgan fingerprint density at radius 3 is 2.61 bits per heavy atom. The standard InChI is InChI=1S/C17H15N3O3/c21-15-7-5-13(6-8-15)12-19-10-9-18-17(19)11-14-3-1-2-4-16(14)20(22)23/h1-10,21H,11-12H2. The van der Waals surface area contributed by atoms with Crippen LogP contribution in [0.3, 0.4) is 0 Å². The van der Waals surface area contributed by atoms with E-state index in [0.717, 1.165) is 11.4 Å². The fraction of sp³-hybridized carbons (Fsp3) is 0.118. The molecule has 3 rings (SSSR count). The SMILES string of the molecule is O=[N+]([O-])c1ccccc1Cc1nccn1Cc1ccc(O)cc1. The zero-order chi connectivity index (χ0) is 16.2. The lowest BCUT2D eigenvalue weighted by Gasteiger charge is -2.08. The fourth-order valence-electron chi connectivity index (χ4n) is 2.46. The molecule has 0 aliphatic heterocycles. The second-order valence-electron chi connectivity index (χ2n) is 5.20. The van der Waals surface area contributed by atoms with Gasteiger partial charge in [-0.3, -0.25) is 10.1 Å². The molecular formula is C17H15N3O3. The molecule has 0 bridgehead atoms. The van der Waals surface area contributed by atoms with E-state index in [-0.39, 0.29) is 16.4 Å². The number of hydrogen-bond donors (Lipinski definition) is 1. The highest BCUT2D eigenvalue weighted by atomic mass is 16.6. The van der Waals surface area contributed by atoms with Crippen molar-refractivity contribution >= 4 is 5.69 Å². The first-order chi connectivity index (χ1) is 11.1. The van der Waals surface area contributed by atoms with Gasteiger partial charge < -0.3 is 9.67 Å². The first-order valence-corrected chi connectivity index (χ1v) is 7.13. The van der Waals surface area contributed by atoms with Gasteiger partial charge in [-0.05, 0) is 17.7 Å². The zero-order valence-electron chi connectivity index (χ0n) is 12.3. The van der Waals surface area contributed by atoms with E-state index in [1.807, 2.05) is 22.9 Å². The number of nitro groups is 1. The van der Waals surface area contributed by atoms with E-state index < -0.39 is 0 Å². The number of aromatic nitrogens is 2. The highest BCUT2D eigenvalue weighted by molar-refractivity contribution is 5.41. The van der Waals surface area contributed by atoms with Crippen LogP contribution in [0.1, 0.15) is 17.0 Å². The first kappa shape index (κ1) is 14.8. The number of phenolic OH excluding ortho intramolecular Hbond substituents is 1. The Morgan fingerprint density at radius 1 is 1.13 bits per heavy atom. The highest BCUT2D eigenvalue weighted by Crippen LogP contribution is 2.21. The van der Waals surface area contributed by atoms with Crippen LogP contribution < -0.4 is 0 Å². The third-order valence-corrected chi connectivity index (χ3v) is 3.63. The van der Waals surface area contributed by atoms with E-state index >= 15 is 0 Å². The van der Waals surface area contributed by atoms with E-state index in [9.17, 15) is 15.2 Å². The van der Waals surface area contributed by atoms with Crippen molar-refractivity contribution in [3.63, 3.8) is 0 Å². The zero-order valence-corrected chi connectivity index (χ0v) is 12.3. The minimum Gasteiger partial charge on any atom is -0.508 e. The molecule has 0 amide bonds. The third kappa shape index (κ3) is 3.37. The third-order valence-electron chi connectivity index (χ3n) is 3.63. The van der Waals surface area contributed by atoms with Gasteiger partial charge in [0.1, 0.15) is 11.6 Å². The van der Waals surface area contributed by atoms with E-state index in [2.05, 4.69) is 4.98 Å². The van der Waals surface area contributed by atoms with Crippen molar-refractivity contribution in [1.82, 2.24) is 9.55 Å². The number of phenols is 1. The van der Waals surface area contributed by atoms with Crippen LogP contribution in [-0.2, 0) is 13.0 Å². The topological polar surface area (TPSA) is 81.2 Å². The summed E-state index contributed by atoms with van der Waals surface area (Å²) in [5.74, 6) is 0.979. The molecule has 116 valence electrons. The predicted molar refractivity (Wildman–Crippen MR) is 85.3 cm³/mol. The summed E-state index contributed by atoms with van der Waals surface area (Å²) in [7, 11) is 0. The number of aromatic hydroxyl groups is 1. The van der Waals surface area contributed by atoms with Crippen LogP contribution in [-0.4, -0.2) is 19.6 Å². The molecular weight excluding hydrogens is 294 g/mol. The average molecular weight is 309 g/mol. The second kappa shape index (κ2) is 6.31. The first-order valence-electron chi connectivity index (χ1n) is 7.13. The summed E-state index contributed by atoms with van der Waals surface area (Å²) >= 11 is 0. The van der Waals surface area contributed by atoms with E-state index in [1.54, 1.807) is 36.5 Å². The van der Waals surface area contributed by atoms with Gasteiger partial charge in [0, 0.05) is 37.0 Å². The summed E-state index contributed by atoms with van der Waals surface area (Å²) in [4.78, 5) is 15.1. The fourth-order valence-corrected chi connectivity index (χ4v) is 2.46. The lowest BCUT2D eigenvalue weighted by molar-refractivity contribution is -0.385. The molecule has 1 aromatic heterocycles. The summed E-state index contributed by atoms with van der Waals surface area (Å²) in [5.41, 5.74) is 1.76. The van der Waals surface area contributed by atoms with Crippen molar-refractivity contribution in [3.8, 4) is 5.75 Å². The normalized spacial score (nSPS) is 10.6. The number of hydrogen-bond acceptors (Lipinski definition) is 4. The van der Waals surface area contributed by atoms with E-state index in [1.165, 1.54) is 6.07 Å². The van der Waals surface area contributed by atoms with Gasteiger partial charge in [-0.25, -0.2) is 4.98 Å². The molecule has 6 heteroatoms. The smallest absolute Gasteiger partial charge is 0.273 e. The van der Waals surface area contributed by atoms with Crippen LogP contribution in [0.5, 0.6) is 5.75 Å². The van der Waals surface area contributed by atoms with Gasteiger partial charge in [0.05, 0.1) is 4.92 Å². The van der Waals surface area contributed by atoms with Crippen LogP contribution in [0.15, 0.2) is 60.9 Å². The Morgan fingerprint density at radius 2 is 1.87 bits per heavy atom. The maximum absolute atomic E-state index is 11.1. The van der Waals surface area contributed by atoms with Gasteiger partial charge in [0.2, 0.25) is 0 Å². The van der Waals surface area contributed by atoms with Crippen LogP contribution in [0.2, 0.25) is 0 Å².